The standard InChI is InChI=1S/C25H39NO2/c1-5-8-23-22-15-17(3)21-16-18(26-4)10-11-19(21)20(22)12-14-25(23,6-2)13-7-9-24(27)28/h16,19-20,22-23H,3,5-15H2,1-2,4H3,(H,27,28)/t19?,20?,22?,23?,25-/m0/s1. The first-order valence-electron chi connectivity index (χ1n) is 11.5. The van der Waals surface area contributed by atoms with Crippen LogP contribution in [0, 0.1) is 29.1 Å². The van der Waals surface area contributed by atoms with E-state index in [-0.39, 0.29) is 0 Å². The number of allylic oxidation sites excluding steroid dienone is 3. The minimum Gasteiger partial charge on any atom is -0.481 e. The number of fused-ring (bicyclic) bond motifs is 3. The largest absolute Gasteiger partial charge is 0.481 e. The molecule has 0 heterocycles. The van der Waals surface area contributed by atoms with Crippen molar-refractivity contribution in [3.8, 4) is 0 Å². The average Bonchev–Trinajstić information content (AvgIpc) is 2.69. The molecule has 3 aliphatic rings. The van der Waals surface area contributed by atoms with Crippen molar-refractivity contribution >= 4 is 11.7 Å². The summed E-state index contributed by atoms with van der Waals surface area (Å²) >= 11 is 0. The van der Waals surface area contributed by atoms with Crippen molar-refractivity contribution in [2.45, 2.75) is 84.5 Å². The number of hydrogen-bond donors (Lipinski definition) is 1. The minimum absolute atomic E-state index is 0.316. The van der Waals surface area contributed by atoms with Crippen LogP contribution < -0.4 is 0 Å². The molecule has 3 heteroatoms. The van der Waals surface area contributed by atoms with Crippen molar-refractivity contribution in [2.75, 3.05) is 7.05 Å². The molecule has 0 aromatic heterocycles. The fourth-order valence-electron chi connectivity index (χ4n) is 6.95. The van der Waals surface area contributed by atoms with E-state index < -0.39 is 5.97 Å². The molecule has 4 unspecified atom stereocenters. The molecule has 3 rings (SSSR count). The second-order valence-corrected chi connectivity index (χ2v) is 9.49. The van der Waals surface area contributed by atoms with Crippen LogP contribution in [0.3, 0.4) is 0 Å². The lowest BCUT2D eigenvalue weighted by Gasteiger charge is -2.57. The number of rotatable bonds is 7. The number of aliphatic imine (C=N–C) groups is 1. The topological polar surface area (TPSA) is 49.7 Å². The van der Waals surface area contributed by atoms with Gasteiger partial charge in [-0.3, -0.25) is 9.79 Å². The molecule has 0 bridgehead atoms. The molecule has 0 aliphatic heterocycles. The summed E-state index contributed by atoms with van der Waals surface area (Å²) in [5, 5.41) is 9.13. The Balaban J connectivity index is 1.87. The molecule has 5 atom stereocenters. The minimum atomic E-state index is -0.650. The van der Waals surface area contributed by atoms with Gasteiger partial charge in [-0.15, -0.1) is 0 Å². The Bertz CT molecular complexity index is 661. The van der Waals surface area contributed by atoms with Crippen molar-refractivity contribution in [3.63, 3.8) is 0 Å². The van der Waals surface area contributed by atoms with Gasteiger partial charge in [0.25, 0.3) is 0 Å². The third-order valence-electron chi connectivity index (χ3n) is 8.33. The molecular formula is C25H39NO2. The number of carboxylic acids is 1. The van der Waals surface area contributed by atoms with E-state index in [1.54, 1.807) is 0 Å². The van der Waals surface area contributed by atoms with Crippen LogP contribution >= 0.6 is 0 Å². The van der Waals surface area contributed by atoms with Gasteiger partial charge in [-0.05, 0) is 92.1 Å². The molecule has 1 N–H and O–H groups in total. The van der Waals surface area contributed by atoms with Gasteiger partial charge in [-0.25, -0.2) is 0 Å². The highest BCUT2D eigenvalue weighted by molar-refractivity contribution is 5.97. The van der Waals surface area contributed by atoms with Crippen LogP contribution in [-0.2, 0) is 4.79 Å². The summed E-state index contributed by atoms with van der Waals surface area (Å²) in [6.45, 7) is 9.17. The lowest BCUT2D eigenvalue weighted by molar-refractivity contribution is -0.137. The number of carbonyl (C=O) groups is 1. The Kier molecular flexibility index (Phi) is 6.83. The van der Waals surface area contributed by atoms with E-state index in [0.29, 0.717) is 17.8 Å². The van der Waals surface area contributed by atoms with E-state index >= 15 is 0 Å². The van der Waals surface area contributed by atoms with Crippen LogP contribution in [-0.4, -0.2) is 23.8 Å². The van der Waals surface area contributed by atoms with Crippen molar-refractivity contribution in [1.29, 1.82) is 0 Å². The van der Waals surface area contributed by atoms with Gasteiger partial charge in [0.05, 0.1) is 0 Å². The van der Waals surface area contributed by atoms with Gasteiger partial charge < -0.3 is 5.11 Å². The summed E-state index contributed by atoms with van der Waals surface area (Å²) in [6.07, 6.45) is 14.3. The Hall–Kier alpha value is -1.38. The molecule has 156 valence electrons. The predicted octanol–water partition coefficient (Wildman–Crippen LogP) is 6.45. The summed E-state index contributed by atoms with van der Waals surface area (Å²) in [4.78, 5) is 15.6. The van der Waals surface area contributed by atoms with Crippen LogP contribution in [0.25, 0.3) is 0 Å². The molecule has 0 spiro atoms. The quantitative estimate of drug-likeness (QED) is 0.547. The molecule has 0 amide bonds. The average molecular weight is 386 g/mol. The molecule has 0 aromatic rings. The maximum atomic E-state index is 11.1. The van der Waals surface area contributed by atoms with Crippen LogP contribution in [0.15, 0.2) is 28.8 Å². The van der Waals surface area contributed by atoms with Crippen LogP contribution in [0.5, 0.6) is 0 Å². The van der Waals surface area contributed by atoms with Gasteiger partial charge >= 0.3 is 5.97 Å². The second kappa shape index (κ2) is 8.97. The van der Waals surface area contributed by atoms with Crippen LogP contribution in [0.4, 0.5) is 0 Å². The summed E-state index contributed by atoms with van der Waals surface area (Å²) in [5.41, 5.74) is 4.42. The van der Waals surface area contributed by atoms with E-state index in [4.69, 9.17) is 5.11 Å². The van der Waals surface area contributed by atoms with Crippen molar-refractivity contribution < 1.29 is 9.90 Å². The SMILES string of the molecule is C=C1CC2C(CC[C@](CC)(CCCC(=O)O)C2CCC)C2CCC(=NC)C=C12. The highest BCUT2D eigenvalue weighted by atomic mass is 16.4. The molecule has 3 nitrogen and oxygen atoms in total. The van der Waals surface area contributed by atoms with Gasteiger partial charge in [0.15, 0.2) is 0 Å². The molecule has 0 aromatic carbocycles. The Morgan fingerprint density at radius 3 is 2.75 bits per heavy atom. The highest BCUT2D eigenvalue weighted by Crippen LogP contribution is 2.61. The Labute approximate surface area is 171 Å². The zero-order valence-electron chi connectivity index (χ0n) is 18.2. The summed E-state index contributed by atoms with van der Waals surface area (Å²) in [6, 6.07) is 0. The predicted molar refractivity (Wildman–Crippen MR) is 117 cm³/mol. The monoisotopic (exact) mass is 385 g/mol. The normalized spacial score (nSPS) is 36.6. The zero-order valence-corrected chi connectivity index (χ0v) is 18.2. The molecule has 2 fully saturated rings. The Morgan fingerprint density at radius 1 is 1.32 bits per heavy atom. The van der Waals surface area contributed by atoms with Gasteiger partial charge in [-0.2, -0.15) is 0 Å². The zero-order chi connectivity index (χ0) is 20.3. The van der Waals surface area contributed by atoms with E-state index in [9.17, 15) is 4.79 Å². The third-order valence-corrected chi connectivity index (χ3v) is 8.33. The molecule has 3 aliphatic carbocycles. The maximum Gasteiger partial charge on any atom is 0.303 e. The molecule has 0 saturated heterocycles. The molecular weight excluding hydrogens is 346 g/mol. The number of nitrogens with zero attached hydrogens (tertiary/aromatic N) is 1. The number of aliphatic carboxylic acids is 1. The first-order valence-corrected chi connectivity index (χ1v) is 11.5. The summed E-state index contributed by atoms with van der Waals surface area (Å²) < 4.78 is 0. The number of carboxylic acid groups (broad SMARTS) is 1. The van der Waals surface area contributed by atoms with Gasteiger partial charge in [0.1, 0.15) is 0 Å². The third kappa shape index (κ3) is 4.00. The summed E-state index contributed by atoms with van der Waals surface area (Å²) in [7, 11) is 1.91. The van der Waals surface area contributed by atoms with Crippen LogP contribution in [0.2, 0.25) is 0 Å². The number of hydrogen-bond acceptors (Lipinski definition) is 2. The molecule has 28 heavy (non-hydrogen) atoms. The van der Waals surface area contributed by atoms with Gasteiger partial charge in [0, 0.05) is 19.2 Å². The van der Waals surface area contributed by atoms with Gasteiger partial charge in [-0.1, -0.05) is 38.8 Å². The smallest absolute Gasteiger partial charge is 0.303 e. The van der Waals surface area contributed by atoms with E-state index in [0.717, 1.165) is 43.4 Å². The summed E-state index contributed by atoms with van der Waals surface area (Å²) in [5.74, 6) is 2.25. The van der Waals surface area contributed by atoms with Crippen molar-refractivity contribution in [3.05, 3.63) is 23.8 Å². The first-order chi connectivity index (χ1) is 13.5. The fourth-order valence-corrected chi connectivity index (χ4v) is 6.95. The van der Waals surface area contributed by atoms with Crippen molar-refractivity contribution in [2.24, 2.45) is 34.1 Å². The fraction of sp³-hybridized carbons (Fsp3) is 0.760. The van der Waals surface area contributed by atoms with Gasteiger partial charge in [0.2, 0.25) is 0 Å². The lowest BCUT2D eigenvalue weighted by atomic mass is 9.48. The molecule has 2 saturated carbocycles. The molecule has 0 radical (unpaired) electrons. The lowest BCUT2D eigenvalue weighted by Crippen LogP contribution is -2.48. The van der Waals surface area contributed by atoms with E-state index in [1.165, 1.54) is 55.4 Å². The van der Waals surface area contributed by atoms with E-state index in [1.807, 2.05) is 7.05 Å². The first kappa shape index (κ1) is 21.3. The maximum absolute atomic E-state index is 11.1. The van der Waals surface area contributed by atoms with Crippen LogP contribution in [0.1, 0.15) is 84.5 Å². The highest BCUT2D eigenvalue weighted by Gasteiger charge is 2.51. The van der Waals surface area contributed by atoms with Crippen molar-refractivity contribution in [1.82, 2.24) is 0 Å². The Morgan fingerprint density at radius 2 is 2.11 bits per heavy atom. The second-order valence-electron chi connectivity index (χ2n) is 9.49. The van der Waals surface area contributed by atoms with E-state index in [2.05, 4.69) is 31.5 Å².